The van der Waals surface area contributed by atoms with E-state index in [1.807, 2.05) is 0 Å². The smallest absolute Gasteiger partial charge is 0.311 e. The number of nitrogens with two attached hydrogens (primary N) is 1. The van der Waals surface area contributed by atoms with Crippen LogP contribution in [0, 0.1) is 0 Å². The summed E-state index contributed by atoms with van der Waals surface area (Å²) in [5.74, 6) is -1.37. The van der Waals surface area contributed by atoms with Crippen LogP contribution in [0.15, 0.2) is 11.0 Å². The Morgan fingerprint density at radius 1 is 1.35 bits per heavy atom. The number of fused-ring (bicyclic) bond motifs is 1. The maximum absolute atomic E-state index is 12.5. The number of ether oxygens (including phenoxy) is 3. The first-order chi connectivity index (χ1) is 12.3. The highest BCUT2D eigenvalue weighted by Gasteiger charge is 2.50. The topological polar surface area (TPSA) is 156 Å². The average Bonchev–Trinajstić information content (AvgIpc) is 3.03. The van der Waals surface area contributed by atoms with Gasteiger partial charge in [-0.15, -0.1) is 0 Å². The molecule has 1 unspecified atom stereocenters. The predicted octanol–water partition coefficient (Wildman–Crippen LogP) is -0.812. The van der Waals surface area contributed by atoms with Crippen LogP contribution in [0.5, 0.6) is 0 Å². The molecule has 12 heteroatoms. The molecular formula is C14H16N4O7S. The van der Waals surface area contributed by atoms with E-state index in [-0.39, 0.29) is 11.6 Å². The number of carbonyl (C=O) groups excluding carboxylic acids is 2. The Kier molecular flexibility index (Phi) is 4.89. The molecule has 1 fully saturated rings. The zero-order chi connectivity index (χ0) is 19.0. The summed E-state index contributed by atoms with van der Waals surface area (Å²) >= 11 is 0.855. The molecule has 140 valence electrons. The van der Waals surface area contributed by atoms with Gasteiger partial charge in [0.05, 0.1) is 17.5 Å². The van der Waals surface area contributed by atoms with Crippen LogP contribution < -0.4 is 10.6 Å². The number of thiazole rings is 1. The van der Waals surface area contributed by atoms with Gasteiger partial charge in [-0.05, 0) is 0 Å². The van der Waals surface area contributed by atoms with Gasteiger partial charge >= 0.3 is 16.8 Å². The maximum Gasteiger partial charge on any atom is 0.311 e. The number of hydrogen-bond donors (Lipinski definition) is 2. The summed E-state index contributed by atoms with van der Waals surface area (Å²) in [7, 11) is 0. The third-order valence-electron chi connectivity index (χ3n) is 3.70. The fourth-order valence-electron chi connectivity index (χ4n) is 2.79. The van der Waals surface area contributed by atoms with Gasteiger partial charge in [-0.1, -0.05) is 11.3 Å². The Balaban J connectivity index is 2.11. The van der Waals surface area contributed by atoms with E-state index in [4.69, 9.17) is 19.9 Å². The van der Waals surface area contributed by atoms with Gasteiger partial charge in [-0.3, -0.25) is 19.0 Å². The minimum Gasteiger partial charge on any atom is -0.456 e. The number of nitrogen functional groups attached to an aromatic ring is 1. The Labute approximate surface area is 150 Å². The number of carbonyl (C=O) groups is 2. The first kappa shape index (κ1) is 18.2. The van der Waals surface area contributed by atoms with Crippen molar-refractivity contribution in [1.29, 1.82) is 0 Å². The molecule has 4 atom stereocenters. The maximum atomic E-state index is 12.5. The largest absolute Gasteiger partial charge is 0.456 e. The number of rotatable bonds is 4. The van der Waals surface area contributed by atoms with Crippen molar-refractivity contribution in [3.05, 3.63) is 15.9 Å². The molecule has 26 heavy (non-hydrogen) atoms. The zero-order valence-corrected chi connectivity index (χ0v) is 14.6. The van der Waals surface area contributed by atoms with Gasteiger partial charge in [0.25, 0.3) is 0 Å². The molecule has 11 nitrogen and oxygen atoms in total. The quantitative estimate of drug-likeness (QED) is 0.639. The third-order valence-corrected chi connectivity index (χ3v) is 4.58. The molecule has 0 aliphatic carbocycles. The van der Waals surface area contributed by atoms with Crippen LogP contribution >= 0.6 is 11.3 Å². The number of aliphatic hydroxyl groups is 1. The van der Waals surface area contributed by atoms with Crippen LogP contribution in [0.4, 0.5) is 5.95 Å². The second kappa shape index (κ2) is 6.97. The number of nitrogens with zero attached hydrogens (tertiary/aromatic N) is 3. The van der Waals surface area contributed by atoms with Gasteiger partial charge in [0.1, 0.15) is 6.10 Å². The van der Waals surface area contributed by atoms with Gasteiger partial charge in [0, 0.05) is 13.8 Å². The molecule has 0 aromatic carbocycles. The van der Waals surface area contributed by atoms with Crippen LogP contribution in [0.25, 0.3) is 10.3 Å². The number of esters is 2. The summed E-state index contributed by atoms with van der Waals surface area (Å²) in [6, 6.07) is 0. The molecule has 0 radical (unpaired) electrons. The lowest BCUT2D eigenvalue weighted by molar-refractivity contribution is -0.165. The van der Waals surface area contributed by atoms with Crippen LogP contribution in [-0.4, -0.2) is 56.5 Å². The number of hydrogen-bond acceptors (Lipinski definition) is 11. The highest BCUT2D eigenvalue weighted by molar-refractivity contribution is 7.16. The molecule has 0 amide bonds. The molecule has 1 aliphatic rings. The molecule has 1 saturated heterocycles. The van der Waals surface area contributed by atoms with E-state index in [1.54, 1.807) is 0 Å². The first-order valence-electron chi connectivity index (χ1n) is 7.56. The SMILES string of the molecule is CC(=O)OC1[C@H](n2c(=O)sc3cnc(N)nc32)O[C@H](CO)[C@H]1OC(C)=O. The molecule has 0 spiro atoms. The molecule has 0 saturated carbocycles. The van der Waals surface area contributed by atoms with E-state index >= 15 is 0 Å². The van der Waals surface area contributed by atoms with Gasteiger partial charge in [0.15, 0.2) is 24.1 Å². The van der Waals surface area contributed by atoms with E-state index in [1.165, 1.54) is 20.0 Å². The van der Waals surface area contributed by atoms with Gasteiger partial charge in [0.2, 0.25) is 5.95 Å². The van der Waals surface area contributed by atoms with Crippen LogP contribution in [-0.2, 0) is 23.8 Å². The fourth-order valence-corrected chi connectivity index (χ4v) is 3.61. The third kappa shape index (κ3) is 3.25. The molecule has 3 N–H and O–H groups in total. The van der Waals surface area contributed by atoms with E-state index in [2.05, 4.69) is 9.97 Å². The van der Waals surface area contributed by atoms with Gasteiger partial charge in [-0.25, -0.2) is 4.98 Å². The van der Waals surface area contributed by atoms with Gasteiger partial charge < -0.3 is 25.1 Å². The van der Waals surface area contributed by atoms with E-state index in [9.17, 15) is 19.5 Å². The Bertz CT molecular complexity index is 910. The minimum absolute atomic E-state index is 0.0543. The summed E-state index contributed by atoms with van der Waals surface area (Å²) in [4.78, 5) is 42.8. The molecular weight excluding hydrogens is 368 g/mol. The molecule has 1 aliphatic heterocycles. The van der Waals surface area contributed by atoms with E-state index in [0.29, 0.717) is 4.70 Å². The fraction of sp³-hybridized carbons (Fsp3) is 0.500. The zero-order valence-electron chi connectivity index (χ0n) is 13.8. The normalized spacial score (nSPS) is 25.3. The van der Waals surface area contributed by atoms with Crippen molar-refractivity contribution < 1.29 is 28.9 Å². The van der Waals surface area contributed by atoms with Crippen molar-refractivity contribution in [3.63, 3.8) is 0 Å². The van der Waals surface area contributed by atoms with Gasteiger partial charge in [-0.2, -0.15) is 4.98 Å². The van der Waals surface area contributed by atoms with Crippen molar-refractivity contribution in [2.24, 2.45) is 0 Å². The Morgan fingerprint density at radius 3 is 2.62 bits per heavy atom. The Hall–Kier alpha value is -2.57. The lowest BCUT2D eigenvalue weighted by Gasteiger charge is -2.23. The summed E-state index contributed by atoms with van der Waals surface area (Å²) in [6.45, 7) is 1.83. The average molecular weight is 384 g/mol. The minimum atomic E-state index is -1.16. The highest BCUT2D eigenvalue weighted by Crippen LogP contribution is 2.35. The number of anilines is 1. The Morgan fingerprint density at radius 2 is 2.00 bits per heavy atom. The molecule has 0 bridgehead atoms. The van der Waals surface area contributed by atoms with Crippen molar-refractivity contribution in [2.75, 3.05) is 12.3 Å². The standard InChI is InChI=1S/C14H16N4O7S/c1-5(20)23-9-7(4-19)25-12(10(9)24-6(2)21)18-11-8(26-14(18)22)3-16-13(15)17-11/h3,7,9-10,12,19H,4H2,1-2H3,(H2,15,16,17)/t7-,9-,10?,12-/m1/s1. The lowest BCUT2D eigenvalue weighted by atomic mass is 10.1. The van der Waals surface area contributed by atoms with Crippen molar-refractivity contribution >= 4 is 39.6 Å². The summed E-state index contributed by atoms with van der Waals surface area (Å²) in [6.07, 6.45) is -3.00. The highest BCUT2D eigenvalue weighted by atomic mass is 32.1. The summed E-state index contributed by atoms with van der Waals surface area (Å²) < 4.78 is 17.7. The molecule has 2 aromatic rings. The van der Waals surface area contributed by atoms with Crippen molar-refractivity contribution in [2.45, 2.75) is 38.4 Å². The molecule has 3 rings (SSSR count). The second-order valence-electron chi connectivity index (χ2n) is 5.55. The van der Waals surface area contributed by atoms with Crippen LogP contribution in [0.3, 0.4) is 0 Å². The van der Waals surface area contributed by atoms with E-state index < -0.39 is 48.0 Å². The lowest BCUT2D eigenvalue weighted by Crippen LogP contribution is -2.40. The molecule has 3 heterocycles. The monoisotopic (exact) mass is 384 g/mol. The number of aromatic nitrogens is 3. The second-order valence-corrected chi connectivity index (χ2v) is 6.54. The van der Waals surface area contributed by atoms with Crippen LogP contribution in [0.1, 0.15) is 20.1 Å². The number of aliphatic hydroxyl groups excluding tert-OH is 1. The first-order valence-corrected chi connectivity index (χ1v) is 8.37. The summed E-state index contributed by atoms with van der Waals surface area (Å²) in [5, 5.41) is 9.56. The van der Waals surface area contributed by atoms with E-state index in [0.717, 1.165) is 15.9 Å². The van der Waals surface area contributed by atoms with Crippen LogP contribution in [0.2, 0.25) is 0 Å². The summed E-state index contributed by atoms with van der Waals surface area (Å²) in [5.41, 5.74) is 5.78. The molecule has 2 aromatic heterocycles. The van der Waals surface area contributed by atoms with Crippen molar-refractivity contribution in [3.8, 4) is 0 Å². The van der Waals surface area contributed by atoms with Crippen molar-refractivity contribution in [1.82, 2.24) is 14.5 Å². The predicted molar refractivity (Wildman–Crippen MR) is 88.2 cm³/mol.